The number of hydrogen-bond acceptors (Lipinski definition) is 0. The summed E-state index contributed by atoms with van der Waals surface area (Å²) < 4.78 is 0. The Morgan fingerprint density at radius 3 is 1.78 bits per heavy atom. The van der Waals surface area contributed by atoms with Gasteiger partial charge in [-0.15, -0.1) is 0 Å². The van der Waals surface area contributed by atoms with Crippen molar-refractivity contribution in [2.45, 2.75) is 110 Å². The zero-order valence-electron chi connectivity index (χ0n) is 20.7. The van der Waals surface area contributed by atoms with Crippen LogP contribution in [0.5, 0.6) is 0 Å². The zero-order valence-corrected chi connectivity index (χ0v) is 20.7. The van der Waals surface area contributed by atoms with E-state index in [1.807, 2.05) is 0 Å². The third-order valence-corrected chi connectivity index (χ3v) is 7.19. The van der Waals surface area contributed by atoms with Crippen LogP contribution in [0.1, 0.15) is 119 Å². The van der Waals surface area contributed by atoms with Gasteiger partial charge in [0.05, 0.1) is 0 Å². The van der Waals surface area contributed by atoms with Gasteiger partial charge in [-0.2, -0.15) is 0 Å². The van der Waals surface area contributed by atoms with Crippen LogP contribution in [0.15, 0.2) is 48.5 Å². The van der Waals surface area contributed by atoms with Crippen molar-refractivity contribution >= 4 is 0 Å². The molecule has 1 saturated carbocycles. The standard InChI is InChI=1S/C32H44/c1-3-5-7-8-10-12-28-19-23-31(24-20-28)32-25-21-30(22-26-32)18-17-29-15-13-27(14-16-29)11-9-6-4-2/h13-16,19-20,23-24,30,32H,3-12,21-22,25-26H2,1-2H3/t30-,32-. The Hall–Kier alpha value is -2.00. The molecule has 0 unspecified atom stereocenters. The molecule has 0 heteroatoms. The van der Waals surface area contributed by atoms with Gasteiger partial charge in [0, 0.05) is 11.5 Å². The summed E-state index contributed by atoms with van der Waals surface area (Å²) in [6, 6.07) is 18.5. The fourth-order valence-electron chi connectivity index (χ4n) is 4.98. The highest BCUT2D eigenvalue weighted by atomic mass is 14.2. The van der Waals surface area contributed by atoms with Crippen LogP contribution in [0, 0.1) is 17.8 Å². The van der Waals surface area contributed by atoms with Crippen molar-refractivity contribution in [2.75, 3.05) is 0 Å². The van der Waals surface area contributed by atoms with Gasteiger partial charge >= 0.3 is 0 Å². The molecule has 1 aliphatic carbocycles. The van der Waals surface area contributed by atoms with E-state index >= 15 is 0 Å². The molecule has 172 valence electrons. The second-order valence-corrected chi connectivity index (χ2v) is 9.88. The lowest BCUT2D eigenvalue weighted by Crippen LogP contribution is -2.12. The first-order chi connectivity index (χ1) is 15.8. The molecule has 0 bridgehead atoms. The molecule has 0 nitrogen and oxygen atoms in total. The number of unbranched alkanes of at least 4 members (excludes halogenated alkanes) is 6. The monoisotopic (exact) mass is 428 g/mol. The Bertz CT molecular complexity index is 807. The van der Waals surface area contributed by atoms with E-state index in [9.17, 15) is 0 Å². The Balaban J connectivity index is 1.40. The summed E-state index contributed by atoms with van der Waals surface area (Å²) in [6.45, 7) is 4.55. The topological polar surface area (TPSA) is 0 Å². The van der Waals surface area contributed by atoms with Crippen molar-refractivity contribution in [3.05, 3.63) is 70.8 Å². The first kappa shape index (κ1) is 24.6. The van der Waals surface area contributed by atoms with E-state index in [0.717, 1.165) is 5.92 Å². The molecule has 0 aromatic heterocycles. The summed E-state index contributed by atoms with van der Waals surface area (Å²) in [5.41, 5.74) is 5.69. The van der Waals surface area contributed by atoms with Crippen molar-refractivity contribution in [1.82, 2.24) is 0 Å². The van der Waals surface area contributed by atoms with Gasteiger partial charge in [-0.3, -0.25) is 0 Å². The van der Waals surface area contributed by atoms with Gasteiger partial charge in [0.15, 0.2) is 0 Å². The molecule has 2 aromatic carbocycles. The van der Waals surface area contributed by atoms with Gasteiger partial charge in [0.2, 0.25) is 0 Å². The van der Waals surface area contributed by atoms with Crippen LogP contribution in [0.25, 0.3) is 0 Å². The van der Waals surface area contributed by atoms with Crippen LogP contribution in [-0.2, 0) is 12.8 Å². The predicted octanol–water partition coefficient (Wildman–Crippen LogP) is 9.26. The molecular weight excluding hydrogens is 384 g/mol. The fourth-order valence-corrected chi connectivity index (χ4v) is 4.98. The van der Waals surface area contributed by atoms with Crippen LogP contribution in [0.3, 0.4) is 0 Å². The molecule has 2 aromatic rings. The Labute approximate surface area is 198 Å². The molecule has 1 fully saturated rings. The largest absolute Gasteiger partial charge is 0.0945 e. The first-order valence-electron chi connectivity index (χ1n) is 13.5. The number of aryl methyl sites for hydroxylation is 2. The third-order valence-electron chi connectivity index (χ3n) is 7.19. The van der Waals surface area contributed by atoms with Crippen molar-refractivity contribution in [3.8, 4) is 11.8 Å². The van der Waals surface area contributed by atoms with Crippen molar-refractivity contribution < 1.29 is 0 Å². The molecule has 0 spiro atoms. The summed E-state index contributed by atoms with van der Waals surface area (Å²) in [7, 11) is 0. The Morgan fingerprint density at radius 2 is 1.16 bits per heavy atom. The third kappa shape index (κ3) is 8.50. The molecule has 0 saturated heterocycles. The lowest BCUT2D eigenvalue weighted by Gasteiger charge is -2.26. The Kier molecular flexibility index (Phi) is 10.9. The van der Waals surface area contributed by atoms with Gasteiger partial charge in [-0.1, -0.05) is 101 Å². The molecule has 32 heavy (non-hydrogen) atoms. The lowest BCUT2D eigenvalue weighted by atomic mass is 9.78. The molecule has 0 N–H and O–H groups in total. The molecule has 0 radical (unpaired) electrons. The van der Waals surface area contributed by atoms with Crippen molar-refractivity contribution in [1.29, 1.82) is 0 Å². The van der Waals surface area contributed by atoms with Crippen LogP contribution in [-0.4, -0.2) is 0 Å². The van der Waals surface area contributed by atoms with Gasteiger partial charge < -0.3 is 0 Å². The molecule has 3 rings (SSSR count). The normalized spacial score (nSPS) is 18.2. The van der Waals surface area contributed by atoms with Gasteiger partial charge in [0.25, 0.3) is 0 Å². The maximum absolute atomic E-state index is 3.58. The summed E-state index contributed by atoms with van der Waals surface area (Å²) >= 11 is 0. The predicted molar refractivity (Wildman–Crippen MR) is 140 cm³/mol. The molecule has 0 amide bonds. The lowest BCUT2D eigenvalue weighted by molar-refractivity contribution is 0.384. The minimum absolute atomic E-state index is 0.567. The van der Waals surface area contributed by atoms with Crippen molar-refractivity contribution in [3.63, 3.8) is 0 Å². The van der Waals surface area contributed by atoms with E-state index in [0.29, 0.717) is 5.92 Å². The fraction of sp³-hybridized carbons (Fsp3) is 0.562. The molecular formula is C32H44. The second kappa shape index (κ2) is 14.2. The van der Waals surface area contributed by atoms with Gasteiger partial charge in [-0.25, -0.2) is 0 Å². The highest BCUT2D eigenvalue weighted by Crippen LogP contribution is 2.35. The smallest absolute Gasteiger partial charge is 0.0245 e. The zero-order chi connectivity index (χ0) is 22.4. The summed E-state index contributed by atoms with van der Waals surface area (Å²) in [6.07, 6.45) is 18.2. The van der Waals surface area contributed by atoms with E-state index in [4.69, 9.17) is 0 Å². The van der Waals surface area contributed by atoms with E-state index < -0.39 is 0 Å². The highest BCUT2D eigenvalue weighted by Gasteiger charge is 2.21. The van der Waals surface area contributed by atoms with Crippen LogP contribution < -0.4 is 0 Å². The van der Waals surface area contributed by atoms with Gasteiger partial charge in [0.1, 0.15) is 0 Å². The van der Waals surface area contributed by atoms with E-state index in [1.165, 1.54) is 107 Å². The average Bonchev–Trinajstić information content (AvgIpc) is 2.84. The molecule has 0 heterocycles. The average molecular weight is 429 g/mol. The second-order valence-electron chi connectivity index (χ2n) is 9.88. The maximum atomic E-state index is 3.58. The quantitative estimate of drug-likeness (QED) is 0.247. The summed E-state index contributed by atoms with van der Waals surface area (Å²) in [5, 5.41) is 0. The van der Waals surface area contributed by atoms with Crippen molar-refractivity contribution in [2.24, 2.45) is 5.92 Å². The van der Waals surface area contributed by atoms with Crippen LogP contribution in [0.4, 0.5) is 0 Å². The minimum Gasteiger partial charge on any atom is -0.0945 e. The number of rotatable bonds is 11. The SMILES string of the molecule is CCCCCCCc1ccc([C@H]2CC[C@H](C#Cc3ccc(CCCCC)cc3)CC2)cc1. The van der Waals surface area contributed by atoms with Crippen LogP contribution >= 0.6 is 0 Å². The van der Waals surface area contributed by atoms with Crippen LogP contribution in [0.2, 0.25) is 0 Å². The maximum Gasteiger partial charge on any atom is 0.0245 e. The van der Waals surface area contributed by atoms with E-state index in [1.54, 1.807) is 5.56 Å². The Morgan fingerprint density at radius 1 is 0.625 bits per heavy atom. The summed E-state index contributed by atoms with van der Waals surface area (Å²) in [5.74, 6) is 8.33. The molecule has 1 aliphatic rings. The number of hydrogen-bond donors (Lipinski definition) is 0. The van der Waals surface area contributed by atoms with E-state index in [-0.39, 0.29) is 0 Å². The first-order valence-corrected chi connectivity index (χ1v) is 13.5. The van der Waals surface area contributed by atoms with Gasteiger partial charge in [-0.05, 0) is 86.1 Å². The highest BCUT2D eigenvalue weighted by molar-refractivity contribution is 5.37. The summed E-state index contributed by atoms with van der Waals surface area (Å²) in [4.78, 5) is 0. The number of benzene rings is 2. The molecule has 0 atom stereocenters. The van der Waals surface area contributed by atoms with E-state index in [2.05, 4.69) is 74.2 Å². The molecule has 0 aliphatic heterocycles. The minimum atomic E-state index is 0.567.